The summed E-state index contributed by atoms with van der Waals surface area (Å²) in [4.78, 5) is 50.8. The van der Waals surface area contributed by atoms with Crippen LogP contribution in [-0.4, -0.2) is 97.6 Å². The van der Waals surface area contributed by atoms with E-state index in [0.29, 0.717) is 42.0 Å². The normalized spacial score (nSPS) is 22.7. The lowest BCUT2D eigenvalue weighted by molar-refractivity contribution is -0.143. The van der Waals surface area contributed by atoms with Gasteiger partial charge >= 0.3 is 0 Å². The van der Waals surface area contributed by atoms with E-state index in [0.717, 1.165) is 16.5 Å². The zero-order valence-corrected chi connectivity index (χ0v) is 31.4. The number of likely N-dealkylation sites (N-methyl/N-ethyl adjacent to an activating group) is 1. The predicted octanol–water partition coefficient (Wildman–Crippen LogP) is 4.10. The number of nitrogens with one attached hydrogen (secondary N) is 2. The number of carbonyl (C=O) groups is 3. The molecule has 1 aliphatic heterocycles. The van der Waals surface area contributed by atoms with E-state index in [4.69, 9.17) is 14.5 Å². The molecule has 282 valence electrons. The van der Waals surface area contributed by atoms with Crippen LogP contribution in [0, 0.1) is 5.92 Å². The lowest BCUT2D eigenvalue weighted by Crippen LogP contribution is -2.58. The molecule has 3 aromatic carbocycles. The maximum Gasteiger partial charge on any atom is 0.259 e. The summed E-state index contributed by atoms with van der Waals surface area (Å²) in [5.41, 5.74) is 1.68. The predicted molar refractivity (Wildman–Crippen MR) is 205 cm³/mol. The van der Waals surface area contributed by atoms with Crippen molar-refractivity contribution in [1.29, 1.82) is 0 Å². The van der Waals surface area contributed by atoms with Crippen molar-refractivity contribution < 1.29 is 32.3 Å². The van der Waals surface area contributed by atoms with Crippen molar-refractivity contribution in [3.05, 3.63) is 103 Å². The number of pyridine rings is 1. The lowest BCUT2D eigenvalue weighted by Gasteiger charge is -2.32. The van der Waals surface area contributed by atoms with Gasteiger partial charge in [-0.15, -0.1) is 6.58 Å². The summed E-state index contributed by atoms with van der Waals surface area (Å²) >= 11 is 0. The van der Waals surface area contributed by atoms with Crippen molar-refractivity contribution in [3.8, 4) is 22.8 Å². The molecule has 1 aromatic heterocycles. The quantitative estimate of drug-likeness (QED) is 0.182. The van der Waals surface area contributed by atoms with Crippen molar-refractivity contribution >= 4 is 38.6 Å². The third kappa shape index (κ3) is 7.56. The number of fused-ring (bicyclic) bond motifs is 1. The number of hydrogen-bond donors (Lipinski definition) is 2. The van der Waals surface area contributed by atoms with Crippen LogP contribution < -0.4 is 19.5 Å². The zero-order valence-electron chi connectivity index (χ0n) is 30.6. The molecule has 2 aliphatic carbocycles. The topological polar surface area (TPSA) is 147 Å². The van der Waals surface area contributed by atoms with Gasteiger partial charge in [0, 0.05) is 35.4 Å². The number of aromatic nitrogens is 1. The fraction of sp³-hybridized carbons (Fsp3) is 0.366. The molecule has 0 bridgehead atoms. The van der Waals surface area contributed by atoms with E-state index in [2.05, 4.69) is 16.6 Å². The van der Waals surface area contributed by atoms with Crippen LogP contribution in [0.25, 0.3) is 22.2 Å². The third-order valence-corrected chi connectivity index (χ3v) is 12.4. The molecule has 1 saturated heterocycles. The Morgan fingerprint density at radius 1 is 1.04 bits per heavy atom. The summed E-state index contributed by atoms with van der Waals surface area (Å²) in [6.45, 7) is 3.91. The van der Waals surface area contributed by atoms with Gasteiger partial charge in [-0.05, 0) is 57.5 Å². The van der Waals surface area contributed by atoms with Crippen molar-refractivity contribution in [1.82, 2.24) is 24.8 Å². The summed E-state index contributed by atoms with van der Waals surface area (Å²) in [6.07, 6.45) is 2.62. The fourth-order valence-electron chi connectivity index (χ4n) is 7.25. The van der Waals surface area contributed by atoms with Gasteiger partial charge in [0.15, 0.2) is 0 Å². The minimum atomic E-state index is -3.87. The van der Waals surface area contributed by atoms with Crippen molar-refractivity contribution in [2.24, 2.45) is 5.92 Å². The van der Waals surface area contributed by atoms with Crippen LogP contribution in [0.3, 0.4) is 0 Å². The monoisotopic (exact) mass is 751 g/mol. The molecule has 2 saturated carbocycles. The van der Waals surface area contributed by atoms with Gasteiger partial charge in [-0.2, -0.15) is 0 Å². The molecule has 2 heterocycles. The van der Waals surface area contributed by atoms with Crippen LogP contribution in [0.5, 0.6) is 11.5 Å². The molecule has 54 heavy (non-hydrogen) atoms. The highest BCUT2D eigenvalue weighted by atomic mass is 32.2. The Balaban J connectivity index is 1.21. The van der Waals surface area contributed by atoms with Crippen molar-refractivity contribution in [3.63, 3.8) is 0 Å². The number of ether oxygens (including phenoxy) is 2. The van der Waals surface area contributed by atoms with Gasteiger partial charge in [-0.25, -0.2) is 13.4 Å². The second-order valence-electron chi connectivity index (χ2n) is 14.6. The summed E-state index contributed by atoms with van der Waals surface area (Å²) in [7, 11) is 1.37. The molecule has 12 nitrogen and oxygen atoms in total. The Kier molecular flexibility index (Phi) is 10.2. The van der Waals surface area contributed by atoms with Crippen LogP contribution in [-0.2, 0) is 30.8 Å². The molecule has 5 atom stereocenters. The molecule has 3 amide bonds. The number of amides is 3. The lowest BCUT2D eigenvalue weighted by atomic mass is 10.0. The number of nitrogens with zero attached hydrogens (tertiary/aromatic N) is 3. The first-order valence-electron chi connectivity index (χ1n) is 18.1. The molecular weight excluding hydrogens is 707 g/mol. The molecule has 7 rings (SSSR count). The van der Waals surface area contributed by atoms with Crippen LogP contribution in [0.4, 0.5) is 0 Å². The number of rotatable bonds is 14. The molecule has 2 N–H and O–H groups in total. The molecule has 3 aliphatic rings. The summed E-state index contributed by atoms with van der Waals surface area (Å²) in [5, 5.41) is 3.00. The highest BCUT2D eigenvalue weighted by Crippen LogP contribution is 2.45. The molecule has 13 heteroatoms. The molecule has 3 fully saturated rings. The number of carbonyl (C=O) groups excluding carboxylic acids is 3. The molecule has 0 radical (unpaired) electrons. The summed E-state index contributed by atoms with van der Waals surface area (Å²) in [5.74, 6) is -0.936. The van der Waals surface area contributed by atoms with Gasteiger partial charge in [0.2, 0.25) is 21.8 Å². The average Bonchev–Trinajstić information content (AvgIpc) is 4.10. The molecule has 0 unspecified atom stereocenters. The largest absolute Gasteiger partial charge is 0.497 e. The highest BCUT2D eigenvalue weighted by molar-refractivity contribution is 7.91. The van der Waals surface area contributed by atoms with Gasteiger partial charge in [0.05, 0.1) is 36.2 Å². The second kappa shape index (κ2) is 14.9. The number of methoxy groups -OCH3 is 1. The Morgan fingerprint density at radius 2 is 1.74 bits per heavy atom. The Labute approximate surface area is 315 Å². The Bertz CT molecular complexity index is 2180. The molecule has 0 spiro atoms. The van der Waals surface area contributed by atoms with Crippen LogP contribution in [0.1, 0.15) is 31.2 Å². The van der Waals surface area contributed by atoms with Gasteiger partial charge < -0.3 is 19.7 Å². The van der Waals surface area contributed by atoms with Crippen molar-refractivity contribution in [2.45, 2.75) is 61.1 Å². The number of hydrogen-bond acceptors (Lipinski definition) is 9. The number of sulfonamides is 1. The zero-order chi connectivity index (χ0) is 38.2. The molecule has 4 aromatic rings. The van der Waals surface area contributed by atoms with E-state index in [-0.39, 0.29) is 25.3 Å². The Morgan fingerprint density at radius 3 is 2.37 bits per heavy atom. The SMILES string of the molecule is C=C[C@@H]1C[C@]1(NC(=O)[C@@H]1C[C@@H](Oc2cc(-c3ccccc3)nc3cc(OC)ccc23)CN1C(=O)[C@@H](Cc1ccccc1)N(C)C)C(=O)NS(=O)(=O)C1CC1. The smallest absolute Gasteiger partial charge is 0.259 e. The minimum absolute atomic E-state index is 0.0941. The van der Waals surface area contributed by atoms with Crippen LogP contribution >= 0.6 is 0 Å². The number of likely N-dealkylation sites (tertiary alicyclic amines) is 1. The highest BCUT2D eigenvalue weighted by Gasteiger charge is 2.62. The fourth-order valence-corrected chi connectivity index (χ4v) is 8.61. The van der Waals surface area contributed by atoms with E-state index < -0.39 is 56.7 Å². The van der Waals surface area contributed by atoms with E-state index in [1.54, 1.807) is 13.2 Å². The Hall–Kier alpha value is -5.27. The third-order valence-electron chi connectivity index (χ3n) is 10.6. The first-order valence-corrected chi connectivity index (χ1v) is 19.7. The van der Waals surface area contributed by atoms with Gasteiger partial charge in [-0.3, -0.25) is 24.0 Å². The minimum Gasteiger partial charge on any atom is -0.497 e. The standard InChI is InChI=1S/C41H45N5O7S/c1-5-28-24-41(28,40(49)44-54(50,51)31-17-18-31)43-38(47)35-22-30(25-46(35)39(48)36(45(2)3)20-26-12-8-6-9-13-26)53-37-23-33(27-14-10-7-11-15-27)42-34-21-29(52-4)16-19-32(34)37/h5-16,19,21,23,28,30-31,35-36H,1,17-18,20,22,24-25H2,2-4H3,(H,43,47)(H,44,49)/t28-,30-,35+,36-,41-/m1/s1. The maximum atomic E-state index is 14.6. The van der Waals surface area contributed by atoms with Gasteiger partial charge in [0.1, 0.15) is 29.2 Å². The van der Waals surface area contributed by atoms with Crippen LogP contribution in [0.2, 0.25) is 0 Å². The van der Waals surface area contributed by atoms with E-state index in [9.17, 15) is 22.8 Å². The second-order valence-corrected chi connectivity index (χ2v) is 16.5. The van der Waals surface area contributed by atoms with E-state index in [1.165, 1.54) is 4.90 Å². The summed E-state index contributed by atoms with van der Waals surface area (Å²) < 4.78 is 39.9. The first-order chi connectivity index (χ1) is 25.9. The van der Waals surface area contributed by atoms with E-state index in [1.807, 2.05) is 104 Å². The van der Waals surface area contributed by atoms with E-state index >= 15 is 0 Å². The van der Waals surface area contributed by atoms with Crippen molar-refractivity contribution in [2.75, 3.05) is 27.7 Å². The summed E-state index contributed by atoms with van der Waals surface area (Å²) in [6, 6.07) is 25.1. The first kappa shape index (κ1) is 37.1. The number of benzene rings is 3. The van der Waals surface area contributed by atoms with Gasteiger partial charge in [0.25, 0.3) is 5.91 Å². The van der Waals surface area contributed by atoms with Crippen LogP contribution in [0.15, 0.2) is 97.6 Å². The van der Waals surface area contributed by atoms with Gasteiger partial charge in [-0.1, -0.05) is 66.7 Å². The average molecular weight is 752 g/mol. The molecular formula is C41H45N5O7S. The maximum absolute atomic E-state index is 14.6.